The van der Waals surface area contributed by atoms with Crippen LogP contribution in [0.15, 0.2) is 30.3 Å². The summed E-state index contributed by atoms with van der Waals surface area (Å²) in [7, 11) is 1.57. The number of para-hydroxylation sites is 1. The molecular weight excluding hydrogens is 272 g/mol. The van der Waals surface area contributed by atoms with Gasteiger partial charge in [-0.25, -0.2) is 4.79 Å². The topological polar surface area (TPSA) is 67.9 Å². The standard InChI is InChI=1S/C15H22N2O4/c1-3-21-14(18)9-10-17(11-12-20-2)15(19)16-13-7-5-4-6-8-13/h4-8H,3,9-12H2,1-2H3,(H,16,19). The van der Waals surface area contributed by atoms with Crippen molar-refractivity contribution in [3.05, 3.63) is 30.3 Å². The normalized spacial score (nSPS) is 10.0. The summed E-state index contributed by atoms with van der Waals surface area (Å²) in [5.41, 5.74) is 0.709. The lowest BCUT2D eigenvalue weighted by atomic mass is 10.3. The average Bonchev–Trinajstić information content (AvgIpc) is 2.48. The molecule has 0 saturated carbocycles. The Morgan fingerprint density at radius 1 is 1.19 bits per heavy atom. The fraction of sp³-hybridized carbons (Fsp3) is 0.467. The summed E-state index contributed by atoms with van der Waals surface area (Å²) in [5.74, 6) is -0.313. The van der Waals surface area contributed by atoms with Crippen molar-refractivity contribution in [3.8, 4) is 0 Å². The van der Waals surface area contributed by atoms with Crippen molar-refractivity contribution in [2.45, 2.75) is 13.3 Å². The van der Waals surface area contributed by atoms with Crippen LogP contribution in [-0.4, -0.2) is 50.3 Å². The molecule has 1 aromatic rings. The lowest BCUT2D eigenvalue weighted by Gasteiger charge is -2.22. The third kappa shape index (κ3) is 6.76. The molecule has 1 rings (SSSR count). The molecule has 0 aromatic heterocycles. The SMILES string of the molecule is CCOC(=O)CCN(CCOC)C(=O)Nc1ccccc1. The van der Waals surface area contributed by atoms with Gasteiger partial charge in [0.2, 0.25) is 0 Å². The van der Waals surface area contributed by atoms with E-state index in [9.17, 15) is 9.59 Å². The summed E-state index contributed by atoms with van der Waals surface area (Å²) in [6, 6.07) is 8.90. The van der Waals surface area contributed by atoms with Gasteiger partial charge in [0.1, 0.15) is 0 Å². The number of benzene rings is 1. The van der Waals surface area contributed by atoms with Crippen molar-refractivity contribution >= 4 is 17.7 Å². The van der Waals surface area contributed by atoms with Gasteiger partial charge in [-0.2, -0.15) is 0 Å². The Hall–Kier alpha value is -2.08. The number of carbonyl (C=O) groups excluding carboxylic acids is 2. The lowest BCUT2D eigenvalue weighted by Crippen LogP contribution is -2.38. The van der Waals surface area contributed by atoms with Gasteiger partial charge in [-0.3, -0.25) is 4.79 Å². The average molecular weight is 294 g/mol. The molecule has 0 radical (unpaired) electrons. The summed E-state index contributed by atoms with van der Waals surface area (Å²) in [6.07, 6.45) is 0.166. The fourth-order valence-corrected chi connectivity index (χ4v) is 1.70. The molecule has 0 fully saturated rings. The first-order chi connectivity index (χ1) is 10.2. The van der Waals surface area contributed by atoms with Gasteiger partial charge in [0.05, 0.1) is 19.6 Å². The summed E-state index contributed by atoms with van der Waals surface area (Å²) in [5, 5.41) is 2.79. The Kier molecular flexibility index (Phi) is 7.89. The highest BCUT2D eigenvalue weighted by molar-refractivity contribution is 5.89. The quantitative estimate of drug-likeness (QED) is 0.746. The Bertz CT molecular complexity index is 437. The smallest absolute Gasteiger partial charge is 0.321 e. The molecule has 116 valence electrons. The number of hydrogen-bond acceptors (Lipinski definition) is 4. The highest BCUT2D eigenvalue weighted by Crippen LogP contribution is 2.07. The van der Waals surface area contributed by atoms with E-state index in [1.165, 1.54) is 4.90 Å². The maximum absolute atomic E-state index is 12.2. The molecule has 1 N–H and O–H groups in total. The molecule has 0 unspecified atom stereocenters. The number of nitrogens with one attached hydrogen (secondary N) is 1. The van der Waals surface area contributed by atoms with E-state index in [1.54, 1.807) is 26.2 Å². The lowest BCUT2D eigenvalue weighted by molar-refractivity contribution is -0.143. The molecule has 2 amide bonds. The number of carbonyl (C=O) groups is 2. The number of amides is 2. The van der Waals surface area contributed by atoms with Crippen LogP contribution in [0.1, 0.15) is 13.3 Å². The van der Waals surface area contributed by atoms with Crippen molar-refractivity contribution in [2.24, 2.45) is 0 Å². The Morgan fingerprint density at radius 3 is 2.52 bits per heavy atom. The zero-order valence-corrected chi connectivity index (χ0v) is 12.5. The Labute approximate surface area is 125 Å². The Balaban J connectivity index is 2.54. The van der Waals surface area contributed by atoms with E-state index in [0.717, 1.165) is 0 Å². The minimum Gasteiger partial charge on any atom is -0.466 e. The number of anilines is 1. The van der Waals surface area contributed by atoms with Gasteiger partial charge in [0.15, 0.2) is 0 Å². The fourth-order valence-electron chi connectivity index (χ4n) is 1.70. The molecule has 0 aliphatic heterocycles. The van der Waals surface area contributed by atoms with E-state index in [4.69, 9.17) is 9.47 Å². The first-order valence-electron chi connectivity index (χ1n) is 6.93. The predicted octanol–water partition coefficient (Wildman–Crippen LogP) is 2.12. The van der Waals surface area contributed by atoms with E-state index < -0.39 is 0 Å². The third-order valence-corrected chi connectivity index (χ3v) is 2.77. The second-order valence-corrected chi connectivity index (χ2v) is 4.33. The maximum atomic E-state index is 12.2. The first-order valence-corrected chi connectivity index (χ1v) is 6.93. The minimum atomic E-state index is -0.313. The highest BCUT2D eigenvalue weighted by Gasteiger charge is 2.15. The monoisotopic (exact) mass is 294 g/mol. The van der Waals surface area contributed by atoms with Gasteiger partial charge in [0.25, 0.3) is 0 Å². The Morgan fingerprint density at radius 2 is 1.90 bits per heavy atom. The van der Waals surface area contributed by atoms with Gasteiger partial charge in [0, 0.05) is 25.9 Å². The van der Waals surface area contributed by atoms with E-state index in [1.807, 2.05) is 18.2 Å². The van der Waals surface area contributed by atoms with Crippen LogP contribution >= 0.6 is 0 Å². The summed E-state index contributed by atoms with van der Waals surface area (Å²) in [4.78, 5) is 25.1. The number of rotatable bonds is 8. The molecular formula is C15H22N2O4. The first kappa shape index (κ1) is 17.0. The zero-order chi connectivity index (χ0) is 15.5. The molecule has 21 heavy (non-hydrogen) atoms. The third-order valence-electron chi connectivity index (χ3n) is 2.77. The molecule has 0 heterocycles. The van der Waals surface area contributed by atoms with Crippen LogP contribution in [0.5, 0.6) is 0 Å². The number of hydrogen-bond donors (Lipinski definition) is 1. The minimum absolute atomic E-state index is 0.166. The van der Waals surface area contributed by atoms with Crippen LogP contribution in [0.25, 0.3) is 0 Å². The second kappa shape index (κ2) is 9.77. The van der Waals surface area contributed by atoms with Crippen LogP contribution in [-0.2, 0) is 14.3 Å². The second-order valence-electron chi connectivity index (χ2n) is 4.33. The summed E-state index contributed by atoms with van der Waals surface area (Å²) < 4.78 is 9.86. The summed E-state index contributed by atoms with van der Waals surface area (Å²) in [6.45, 7) is 3.20. The van der Waals surface area contributed by atoms with Gasteiger partial charge in [-0.1, -0.05) is 18.2 Å². The van der Waals surface area contributed by atoms with E-state index in [2.05, 4.69) is 5.32 Å². The van der Waals surface area contributed by atoms with Crippen molar-refractivity contribution < 1.29 is 19.1 Å². The van der Waals surface area contributed by atoms with Crippen LogP contribution in [0.3, 0.4) is 0 Å². The number of urea groups is 1. The van der Waals surface area contributed by atoms with Crippen LogP contribution in [0.2, 0.25) is 0 Å². The number of esters is 1. The van der Waals surface area contributed by atoms with E-state index in [-0.39, 0.29) is 18.4 Å². The molecule has 6 nitrogen and oxygen atoms in total. The largest absolute Gasteiger partial charge is 0.466 e. The van der Waals surface area contributed by atoms with E-state index in [0.29, 0.717) is 32.0 Å². The number of methoxy groups -OCH3 is 1. The van der Waals surface area contributed by atoms with Crippen molar-refractivity contribution in [2.75, 3.05) is 38.7 Å². The maximum Gasteiger partial charge on any atom is 0.321 e. The molecule has 0 saturated heterocycles. The predicted molar refractivity (Wildman–Crippen MR) is 80.2 cm³/mol. The highest BCUT2D eigenvalue weighted by atomic mass is 16.5. The molecule has 0 atom stereocenters. The van der Waals surface area contributed by atoms with Crippen LogP contribution in [0, 0.1) is 0 Å². The molecule has 0 aliphatic carbocycles. The van der Waals surface area contributed by atoms with Crippen molar-refractivity contribution in [3.63, 3.8) is 0 Å². The van der Waals surface area contributed by atoms with Gasteiger partial charge in [-0.05, 0) is 19.1 Å². The number of nitrogens with zero attached hydrogens (tertiary/aromatic N) is 1. The number of ether oxygens (including phenoxy) is 2. The van der Waals surface area contributed by atoms with Crippen LogP contribution < -0.4 is 5.32 Å². The van der Waals surface area contributed by atoms with Crippen molar-refractivity contribution in [1.82, 2.24) is 4.90 Å². The van der Waals surface area contributed by atoms with Gasteiger partial charge >= 0.3 is 12.0 Å². The van der Waals surface area contributed by atoms with E-state index >= 15 is 0 Å². The van der Waals surface area contributed by atoms with Gasteiger partial charge < -0.3 is 19.7 Å². The van der Waals surface area contributed by atoms with Crippen molar-refractivity contribution in [1.29, 1.82) is 0 Å². The van der Waals surface area contributed by atoms with Gasteiger partial charge in [-0.15, -0.1) is 0 Å². The molecule has 0 aliphatic rings. The molecule has 6 heteroatoms. The molecule has 0 spiro atoms. The summed E-state index contributed by atoms with van der Waals surface area (Å²) >= 11 is 0. The molecule has 0 bridgehead atoms. The molecule has 1 aromatic carbocycles. The zero-order valence-electron chi connectivity index (χ0n) is 12.5. The van der Waals surface area contributed by atoms with Crippen LogP contribution in [0.4, 0.5) is 10.5 Å².